The van der Waals surface area contributed by atoms with E-state index in [1.54, 1.807) is 12.1 Å². The van der Waals surface area contributed by atoms with Gasteiger partial charge in [-0.2, -0.15) is 5.26 Å². The summed E-state index contributed by atoms with van der Waals surface area (Å²) in [5.41, 5.74) is 4.10. The topological polar surface area (TPSA) is 67.7 Å². The molecule has 0 radical (unpaired) electrons. The van der Waals surface area contributed by atoms with Crippen LogP contribution in [0.1, 0.15) is 26.3 Å². The number of carbonyl (C=O) groups is 2. The van der Waals surface area contributed by atoms with Gasteiger partial charge in [0.1, 0.15) is 0 Å². The molecule has 6 nitrogen and oxygen atoms in total. The Kier molecular flexibility index (Phi) is 6.11. The van der Waals surface area contributed by atoms with Crippen LogP contribution < -0.4 is 0 Å². The lowest BCUT2D eigenvalue weighted by molar-refractivity contribution is 0.00854. The summed E-state index contributed by atoms with van der Waals surface area (Å²) in [7, 11) is 0. The van der Waals surface area contributed by atoms with Gasteiger partial charge in [0, 0.05) is 56.4 Å². The number of amides is 2. The van der Waals surface area contributed by atoms with Crippen molar-refractivity contribution in [3.8, 4) is 17.2 Å². The molecule has 0 bridgehead atoms. The number of rotatable bonds is 4. The van der Waals surface area contributed by atoms with Gasteiger partial charge in [0.25, 0.3) is 11.8 Å². The lowest BCUT2D eigenvalue weighted by Crippen LogP contribution is -2.64. The minimum atomic E-state index is 0.0560. The van der Waals surface area contributed by atoms with E-state index < -0.39 is 0 Å². The predicted molar refractivity (Wildman–Crippen MR) is 130 cm³/mol. The molecule has 3 aromatic rings. The van der Waals surface area contributed by atoms with Gasteiger partial charge in [-0.25, -0.2) is 0 Å². The lowest BCUT2D eigenvalue weighted by atomic mass is 10.0. The number of likely N-dealkylation sites (tertiary alicyclic amines) is 1. The Bertz CT molecular complexity index is 1200. The van der Waals surface area contributed by atoms with Crippen molar-refractivity contribution in [3.63, 3.8) is 0 Å². The van der Waals surface area contributed by atoms with Crippen LogP contribution in [0.5, 0.6) is 0 Å². The van der Waals surface area contributed by atoms with Gasteiger partial charge in [0.05, 0.1) is 11.6 Å². The first-order chi connectivity index (χ1) is 16.6. The van der Waals surface area contributed by atoms with Crippen LogP contribution in [-0.4, -0.2) is 71.8 Å². The van der Waals surface area contributed by atoms with Gasteiger partial charge >= 0.3 is 0 Å². The molecular weight excluding hydrogens is 424 g/mol. The molecule has 2 amide bonds. The van der Waals surface area contributed by atoms with Crippen LogP contribution >= 0.6 is 0 Å². The number of piperazine rings is 1. The van der Waals surface area contributed by atoms with Crippen LogP contribution in [0.3, 0.4) is 0 Å². The van der Waals surface area contributed by atoms with Crippen LogP contribution in [0.25, 0.3) is 11.1 Å². The number of benzene rings is 3. The fourth-order valence-corrected chi connectivity index (χ4v) is 4.63. The van der Waals surface area contributed by atoms with Crippen LogP contribution in [0, 0.1) is 11.3 Å². The third-order valence-electron chi connectivity index (χ3n) is 6.77. The minimum absolute atomic E-state index is 0.0560. The molecule has 2 heterocycles. The van der Waals surface area contributed by atoms with Gasteiger partial charge in [-0.15, -0.1) is 0 Å². The van der Waals surface area contributed by atoms with E-state index in [1.807, 2.05) is 76.5 Å². The lowest BCUT2D eigenvalue weighted by Gasteiger charge is -2.48. The standard InChI is InChI=1S/C28H26N4O2/c29-18-21-6-8-22(9-7-21)23-10-12-25(13-11-23)28(34)32-19-26(20-32)30-14-16-31(17-15-30)27(33)24-4-2-1-3-5-24/h1-13,26H,14-17,19-20H2. The maximum atomic E-state index is 12.9. The van der Waals surface area contributed by atoms with Crippen LogP contribution in [0.15, 0.2) is 78.9 Å². The monoisotopic (exact) mass is 450 g/mol. The summed E-state index contributed by atoms with van der Waals surface area (Å²) >= 11 is 0. The molecule has 0 aliphatic carbocycles. The number of nitriles is 1. The van der Waals surface area contributed by atoms with Gasteiger partial charge in [0.2, 0.25) is 0 Å². The van der Waals surface area contributed by atoms with Crippen molar-refractivity contribution in [3.05, 3.63) is 95.6 Å². The van der Waals surface area contributed by atoms with Gasteiger partial charge in [0.15, 0.2) is 0 Å². The molecule has 6 heteroatoms. The SMILES string of the molecule is N#Cc1ccc(-c2ccc(C(=O)N3CC(N4CCN(C(=O)c5ccccc5)CC4)C3)cc2)cc1. The second-order valence-electron chi connectivity index (χ2n) is 8.82. The van der Waals surface area contributed by atoms with Crippen LogP contribution in [0.4, 0.5) is 0 Å². The van der Waals surface area contributed by atoms with Crippen molar-refractivity contribution < 1.29 is 9.59 Å². The highest BCUT2D eigenvalue weighted by molar-refractivity contribution is 5.95. The number of nitrogens with zero attached hydrogens (tertiary/aromatic N) is 4. The van der Waals surface area contributed by atoms with E-state index >= 15 is 0 Å². The fraction of sp³-hybridized carbons (Fsp3) is 0.250. The summed E-state index contributed by atoms with van der Waals surface area (Å²) in [5, 5.41) is 8.95. The van der Waals surface area contributed by atoms with E-state index in [4.69, 9.17) is 5.26 Å². The summed E-state index contributed by atoms with van der Waals surface area (Å²) in [4.78, 5) is 31.8. The molecule has 2 fully saturated rings. The van der Waals surface area contributed by atoms with Crippen molar-refractivity contribution in [2.45, 2.75) is 6.04 Å². The van der Waals surface area contributed by atoms with Crippen LogP contribution in [0.2, 0.25) is 0 Å². The Morgan fingerprint density at radius 3 is 1.79 bits per heavy atom. The van der Waals surface area contributed by atoms with Crippen molar-refractivity contribution in [1.29, 1.82) is 5.26 Å². The Morgan fingerprint density at radius 2 is 1.21 bits per heavy atom. The fourth-order valence-electron chi connectivity index (χ4n) is 4.63. The molecule has 2 aliphatic heterocycles. The highest BCUT2D eigenvalue weighted by atomic mass is 16.2. The van der Waals surface area contributed by atoms with Crippen molar-refractivity contribution in [1.82, 2.24) is 14.7 Å². The average molecular weight is 451 g/mol. The molecular formula is C28H26N4O2. The highest BCUT2D eigenvalue weighted by Crippen LogP contribution is 2.23. The number of carbonyl (C=O) groups excluding carboxylic acids is 2. The Labute approximate surface area is 199 Å². The maximum Gasteiger partial charge on any atom is 0.253 e. The van der Waals surface area contributed by atoms with Gasteiger partial charge in [-0.1, -0.05) is 42.5 Å². The van der Waals surface area contributed by atoms with Crippen LogP contribution in [-0.2, 0) is 0 Å². The van der Waals surface area contributed by atoms with E-state index in [1.165, 1.54) is 0 Å². The summed E-state index contributed by atoms with van der Waals surface area (Å²) in [6.07, 6.45) is 0. The quantitative estimate of drug-likeness (QED) is 0.610. The van der Waals surface area contributed by atoms with E-state index in [-0.39, 0.29) is 11.8 Å². The number of hydrogen-bond donors (Lipinski definition) is 0. The summed E-state index contributed by atoms with van der Waals surface area (Å²) in [5.74, 6) is 0.149. The zero-order chi connectivity index (χ0) is 23.5. The molecule has 2 saturated heterocycles. The minimum Gasteiger partial charge on any atom is -0.336 e. The molecule has 0 spiro atoms. The smallest absolute Gasteiger partial charge is 0.253 e. The Morgan fingerprint density at radius 1 is 0.676 bits per heavy atom. The maximum absolute atomic E-state index is 12.9. The molecule has 0 aromatic heterocycles. The molecule has 0 saturated carbocycles. The molecule has 0 N–H and O–H groups in total. The van der Waals surface area contributed by atoms with E-state index in [0.717, 1.165) is 56.0 Å². The Hall–Kier alpha value is -3.95. The van der Waals surface area contributed by atoms with Gasteiger partial charge in [-0.05, 0) is 47.5 Å². The zero-order valence-electron chi connectivity index (χ0n) is 18.9. The highest BCUT2D eigenvalue weighted by Gasteiger charge is 2.36. The zero-order valence-corrected chi connectivity index (χ0v) is 18.9. The first-order valence-electron chi connectivity index (χ1n) is 11.6. The third-order valence-corrected chi connectivity index (χ3v) is 6.77. The largest absolute Gasteiger partial charge is 0.336 e. The molecule has 3 aromatic carbocycles. The summed E-state index contributed by atoms with van der Waals surface area (Å²) < 4.78 is 0. The van der Waals surface area contributed by atoms with E-state index in [9.17, 15) is 9.59 Å². The summed E-state index contributed by atoms with van der Waals surface area (Å²) in [6, 6.07) is 27.0. The number of hydrogen-bond acceptors (Lipinski definition) is 4. The van der Waals surface area contributed by atoms with Gasteiger partial charge in [-0.3, -0.25) is 14.5 Å². The Balaban J connectivity index is 1.12. The first-order valence-corrected chi connectivity index (χ1v) is 11.6. The molecule has 2 aliphatic rings. The molecule has 5 rings (SSSR count). The van der Waals surface area contributed by atoms with Crippen molar-refractivity contribution in [2.24, 2.45) is 0 Å². The molecule has 34 heavy (non-hydrogen) atoms. The van der Waals surface area contributed by atoms with E-state index in [2.05, 4.69) is 11.0 Å². The average Bonchev–Trinajstić information content (AvgIpc) is 2.88. The van der Waals surface area contributed by atoms with Crippen molar-refractivity contribution in [2.75, 3.05) is 39.3 Å². The first kappa shape index (κ1) is 21.9. The molecule has 0 atom stereocenters. The summed E-state index contributed by atoms with van der Waals surface area (Å²) in [6.45, 7) is 4.56. The van der Waals surface area contributed by atoms with Crippen molar-refractivity contribution >= 4 is 11.8 Å². The second kappa shape index (κ2) is 9.50. The van der Waals surface area contributed by atoms with E-state index in [0.29, 0.717) is 17.2 Å². The normalized spacial score (nSPS) is 16.6. The van der Waals surface area contributed by atoms with Gasteiger partial charge < -0.3 is 9.80 Å². The molecule has 0 unspecified atom stereocenters. The molecule has 170 valence electrons. The third kappa shape index (κ3) is 4.43. The predicted octanol–water partition coefficient (Wildman–Crippen LogP) is 3.51. The second-order valence-corrected chi connectivity index (χ2v) is 8.82.